The molecule has 154 valence electrons. The van der Waals surface area contributed by atoms with Gasteiger partial charge < -0.3 is 20.5 Å². The normalized spacial score (nSPS) is 11.3. The molecule has 2 aromatic rings. The number of rotatable bonds is 11. The molecule has 0 unspecified atom stereocenters. The lowest BCUT2D eigenvalue weighted by Gasteiger charge is -2.14. The minimum Gasteiger partial charge on any atom is -0.480 e. The van der Waals surface area contributed by atoms with E-state index in [9.17, 15) is 19.5 Å². The zero-order valence-electron chi connectivity index (χ0n) is 16.2. The first-order chi connectivity index (χ1) is 14.0. The molecule has 3 N–H and O–H groups in total. The molecule has 0 fully saturated rings. The zero-order chi connectivity index (χ0) is 20.9. The molecule has 7 heteroatoms. The van der Waals surface area contributed by atoms with Crippen molar-refractivity contribution < 1.29 is 24.2 Å². The van der Waals surface area contributed by atoms with Gasteiger partial charge in [-0.2, -0.15) is 0 Å². The predicted octanol–water partition coefficient (Wildman–Crippen LogP) is 2.90. The van der Waals surface area contributed by atoms with Crippen molar-refractivity contribution in [2.75, 3.05) is 6.54 Å². The Hall–Kier alpha value is -3.35. The molecule has 0 aliphatic heterocycles. The van der Waals surface area contributed by atoms with Crippen molar-refractivity contribution in [1.82, 2.24) is 10.6 Å². The Morgan fingerprint density at radius 2 is 1.52 bits per heavy atom. The minimum absolute atomic E-state index is 0.194. The van der Waals surface area contributed by atoms with E-state index in [1.165, 1.54) is 0 Å². The van der Waals surface area contributed by atoms with Crippen LogP contribution in [0.3, 0.4) is 0 Å². The van der Waals surface area contributed by atoms with E-state index >= 15 is 0 Å². The van der Waals surface area contributed by atoms with Crippen LogP contribution in [0.5, 0.6) is 0 Å². The van der Waals surface area contributed by atoms with E-state index in [2.05, 4.69) is 10.6 Å². The van der Waals surface area contributed by atoms with Gasteiger partial charge in [0.1, 0.15) is 12.6 Å². The third-order valence-corrected chi connectivity index (χ3v) is 4.23. The van der Waals surface area contributed by atoms with Crippen LogP contribution in [0.4, 0.5) is 4.79 Å². The second kappa shape index (κ2) is 12.2. The number of nitrogens with one attached hydrogen (secondary N) is 2. The largest absolute Gasteiger partial charge is 0.480 e. The van der Waals surface area contributed by atoms with E-state index in [-0.39, 0.29) is 25.4 Å². The lowest BCUT2D eigenvalue weighted by atomic mass is 10.1. The lowest BCUT2D eigenvalue weighted by Crippen LogP contribution is -2.42. The molecule has 0 aliphatic rings. The topological polar surface area (TPSA) is 105 Å². The summed E-state index contributed by atoms with van der Waals surface area (Å²) in [6, 6.07) is 17.6. The molecule has 2 amide bonds. The Morgan fingerprint density at radius 1 is 0.897 bits per heavy atom. The molecule has 2 aromatic carbocycles. The summed E-state index contributed by atoms with van der Waals surface area (Å²) in [7, 11) is 0. The maximum Gasteiger partial charge on any atom is 0.407 e. The Bertz CT molecular complexity index is 780. The zero-order valence-corrected chi connectivity index (χ0v) is 16.2. The minimum atomic E-state index is -1.06. The fourth-order valence-electron chi connectivity index (χ4n) is 2.69. The Kier molecular flexibility index (Phi) is 9.21. The number of hydrogen-bond donors (Lipinski definition) is 3. The van der Waals surface area contributed by atoms with Gasteiger partial charge >= 0.3 is 12.1 Å². The molecule has 0 saturated carbocycles. The van der Waals surface area contributed by atoms with Crippen molar-refractivity contribution in [2.24, 2.45) is 0 Å². The molecular formula is C22H26N2O5. The van der Waals surface area contributed by atoms with Gasteiger partial charge in [0.25, 0.3) is 0 Å². The maximum absolute atomic E-state index is 12.0. The first-order valence-electron chi connectivity index (χ1n) is 9.55. The quantitative estimate of drug-likeness (QED) is 0.505. The van der Waals surface area contributed by atoms with E-state index in [0.717, 1.165) is 11.1 Å². The molecular weight excluding hydrogens is 372 g/mol. The van der Waals surface area contributed by atoms with Crippen molar-refractivity contribution in [2.45, 2.75) is 38.3 Å². The van der Waals surface area contributed by atoms with Crippen LogP contribution in [0.25, 0.3) is 0 Å². The summed E-state index contributed by atoms with van der Waals surface area (Å²) in [5, 5.41) is 14.5. The van der Waals surface area contributed by atoms with Crippen molar-refractivity contribution in [3.05, 3.63) is 71.8 Å². The number of unbranched alkanes of at least 4 members (excludes halogenated alkanes) is 1. The Labute approximate surface area is 170 Å². The van der Waals surface area contributed by atoms with Crippen LogP contribution in [0, 0.1) is 0 Å². The number of alkyl carbamates (subject to hydrolysis) is 1. The molecule has 7 nitrogen and oxygen atoms in total. The van der Waals surface area contributed by atoms with Gasteiger partial charge in [0, 0.05) is 19.4 Å². The average Bonchev–Trinajstić information content (AvgIpc) is 2.73. The van der Waals surface area contributed by atoms with Gasteiger partial charge in [0.2, 0.25) is 5.91 Å². The summed E-state index contributed by atoms with van der Waals surface area (Å²) >= 11 is 0. The van der Waals surface area contributed by atoms with Crippen LogP contribution >= 0.6 is 0 Å². The number of amides is 2. The molecule has 0 aromatic heterocycles. The number of carbonyl (C=O) groups is 3. The number of carboxylic acids is 1. The van der Waals surface area contributed by atoms with Crippen molar-refractivity contribution in [1.29, 1.82) is 0 Å². The number of hydrogen-bond acceptors (Lipinski definition) is 4. The van der Waals surface area contributed by atoms with E-state index in [4.69, 9.17) is 4.74 Å². The monoisotopic (exact) mass is 398 g/mol. The molecule has 0 bridgehead atoms. The standard InChI is InChI=1S/C22H26N2O5/c25-20(24-19(21(26)27)15-17-9-3-1-4-10-17)13-7-8-14-23-22(28)29-16-18-11-5-2-6-12-18/h1-6,9-12,19H,7-8,13-16H2,(H,23,28)(H,24,25)(H,26,27)/t19-/m0/s1. The van der Waals surface area contributed by atoms with Crippen molar-refractivity contribution in [3.8, 4) is 0 Å². The van der Waals surface area contributed by atoms with E-state index in [1.54, 1.807) is 0 Å². The van der Waals surface area contributed by atoms with Crippen molar-refractivity contribution >= 4 is 18.0 Å². The van der Waals surface area contributed by atoms with Crippen LogP contribution in [-0.4, -0.2) is 35.7 Å². The molecule has 2 rings (SSSR count). The first kappa shape index (κ1) is 21.9. The number of ether oxygens (including phenoxy) is 1. The van der Waals surface area contributed by atoms with Crippen LogP contribution < -0.4 is 10.6 Å². The van der Waals surface area contributed by atoms with E-state index in [1.807, 2.05) is 60.7 Å². The van der Waals surface area contributed by atoms with Gasteiger partial charge in [0.15, 0.2) is 0 Å². The van der Waals surface area contributed by atoms with E-state index < -0.39 is 18.1 Å². The highest BCUT2D eigenvalue weighted by atomic mass is 16.5. The van der Waals surface area contributed by atoms with Gasteiger partial charge in [-0.1, -0.05) is 60.7 Å². The third-order valence-electron chi connectivity index (χ3n) is 4.23. The smallest absolute Gasteiger partial charge is 0.407 e. The van der Waals surface area contributed by atoms with Crippen LogP contribution in [0.15, 0.2) is 60.7 Å². The molecule has 0 saturated heterocycles. The molecule has 0 spiro atoms. The van der Waals surface area contributed by atoms with Gasteiger partial charge in [-0.25, -0.2) is 9.59 Å². The Balaban J connectivity index is 1.59. The highest BCUT2D eigenvalue weighted by Crippen LogP contribution is 2.05. The second-order valence-corrected chi connectivity index (χ2v) is 6.59. The summed E-state index contributed by atoms with van der Waals surface area (Å²) in [4.78, 5) is 35.0. The Morgan fingerprint density at radius 3 is 2.14 bits per heavy atom. The summed E-state index contributed by atoms with van der Waals surface area (Å²) in [5.41, 5.74) is 1.75. The summed E-state index contributed by atoms with van der Waals surface area (Å²) < 4.78 is 5.10. The molecule has 0 aliphatic carbocycles. The van der Waals surface area contributed by atoms with E-state index in [0.29, 0.717) is 19.4 Å². The van der Waals surface area contributed by atoms with Gasteiger partial charge in [-0.3, -0.25) is 4.79 Å². The number of carbonyl (C=O) groups excluding carboxylic acids is 2. The second-order valence-electron chi connectivity index (χ2n) is 6.59. The molecule has 1 atom stereocenters. The molecule has 0 radical (unpaired) electrons. The highest BCUT2D eigenvalue weighted by Gasteiger charge is 2.20. The predicted molar refractivity (Wildman–Crippen MR) is 108 cm³/mol. The van der Waals surface area contributed by atoms with Gasteiger partial charge in [-0.05, 0) is 24.0 Å². The summed E-state index contributed by atoms with van der Waals surface area (Å²) in [6.07, 6.45) is 1.04. The number of benzene rings is 2. The SMILES string of the molecule is O=C(CCCCNC(=O)OCc1ccccc1)N[C@@H](Cc1ccccc1)C(=O)O. The third kappa shape index (κ3) is 8.92. The number of aliphatic carboxylic acids is 1. The van der Waals surface area contributed by atoms with Crippen LogP contribution in [-0.2, 0) is 27.4 Å². The fraction of sp³-hybridized carbons (Fsp3) is 0.318. The molecule has 0 heterocycles. The van der Waals surface area contributed by atoms with Crippen LogP contribution in [0.2, 0.25) is 0 Å². The summed E-state index contributed by atoms with van der Waals surface area (Å²) in [5.74, 6) is -1.38. The maximum atomic E-state index is 12.0. The lowest BCUT2D eigenvalue weighted by molar-refractivity contribution is -0.141. The van der Waals surface area contributed by atoms with Gasteiger partial charge in [0.05, 0.1) is 0 Å². The highest BCUT2D eigenvalue weighted by molar-refractivity contribution is 5.83. The number of carboxylic acid groups (broad SMARTS) is 1. The first-order valence-corrected chi connectivity index (χ1v) is 9.55. The fourth-order valence-corrected chi connectivity index (χ4v) is 2.69. The van der Waals surface area contributed by atoms with Crippen LogP contribution in [0.1, 0.15) is 30.4 Å². The molecule has 29 heavy (non-hydrogen) atoms. The average molecular weight is 398 g/mol. The van der Waals surface area contributed by atoms with Crippen molar-refractivity contribution in [3.63, 3.8) is 0 Å². The van der Waals surface area contributed by atoms with Gasteiger partial charge in [-0.15, -0.1) is 0 Å². The summed E-state index contributed by atoms with van der Waals surface area (Å²) in [6.45, 7) is 0.584.